The molecule has 1 aromatic rings. The molecule has 1 rings (SSSR count). The Morgan fingerprint density at radius 2 is 2.29 bits per heavy atom. The van der Waals surface area contributed by atoms with Crippen molar-refractivity contribution in [3.8, 4) is 0 Å². The van der Waals surface area contributed by atoms with Crippen molar-refractivity contribution in [1.82, 2.24) is 5.32 Å². The summed E-state index contributed by atoms with van der Waals surface area (Å²) >= 11 is 8.24. The van der Waals surface area contributed by atoms with Gasteiger partial charge in [-0.05, 0) is 45.0 Å². The SMILES string of the molecule is CNC(C(=O)OC)c1cc(Br)c(Br)s1. The highest BCUT2D eigenvalue weighted by Crippen LogP contribution is 2.35. The van der Waals surface area contributed by atoms with Crippen LogP contribution in [0.3, 0.4) is 0 Å². The monoisotopic (exact) mass is 341 g/mol. The van der Waals surface area contributed by atoms with Gasteiger partial charge in [-0.2, -0.15) is 0 Å². The fourth-order valence-corrected chi connectivity index (χ4v) is 3.19. The van der Waals surface area contributed by atoms with Crippen molar-refractivity contribution < 1.29 is 9.53 Å². The third-order valence-corrected chi connectivity index (χ3v) is 5.00. The van der Waals surface area contributed by atoms with Gasteiger partial charge in [0.25, 0.3) is 0 Å². The van der Waals surface area contributed by atoms with Gasteiger partial charge in [0.15, 0.2) is 0 Å². The first kappa shape index (κ1) is 12.2. The van der Waals surface area contributed by atoms with Crippen LogP contribution in [-0.2, 0) is 9.53 Å². The number of rotatable bonds is 3. The lowest BCUT2D eigenvalue weighted by Gasteiger charge is -2.10. The summed E-state index contributed by atoms with van der Waals surface area (Å²) in [5.74, 6) is -0.284. The minimum Gasteiger partial charge on any atom is -0.468 e. The maximum absolute atomic E-state index is 11.4. The topological polar surface area (TPSA) is 38.3 Å². The fourth-order valence-electron chi connectivity index (χ4n) is 1.000. The van der Waals surface area contributed by atoms with Gasteiger partial charge in [-0.15, -0.1) is 11.3 Å². The van der Waals surface area contributed by atoms with E-state index in [2.05, 4.69) is 41.9 Å². The summed E-state index contributed by atoms with van der Waals surface area (Å²) in [4.78, 5) is 12.3. The van der Waals surface area contributed by atoms with Gasteiger partial charge in [0.2, 0.25) is 0 Å². The second-order valence-electron chi connectivity index (χ2n) is 2.52. The van der Waals surface area contributed by atoms with Gasteiger partial charge in [0.1, 0.15) is 6.04 Å². The molecule has 1 heterocycles. The molecule has 0 bridgehead atoms. The Labute approximate surface area is 103 Å². The number of carbonyl (C=O) groups is 1. The third-order valence-electron chi connectivity index (χ3n) is 1.67. The van der Waals surface area contributed by atoms with E-state index >= 15 is 0 Å². The summed E-state index contributed by atoms with van der Waals surface area (Å²) in [5.41, 5.74) is 0. The molecule has 0 saturated carbocycles. The average molecular weight is 343 g/mol. The van der Waals surface area contributed by atoms with Gasteiger partial charge < -0.3 is 10.1 Å². The van der Waals surface area contributed by atoms with E-state index in [0.29, 0.717) is 0 Å². The van der Waals surface area contributed by atoms with E-state index < -0.39 is 6.04 Å². The molecule has 0 aromatic carbocycles. The van der Waals surface area contributed by atoms with Gasteiger partial charge in [-0.3, -0.25) is 0 Å². The Bertz CT molecular complexity index is 321. The Morgan fingerprint density at radius 3 is 2.64 bits per heavy atom. The van der Waals surface area contributed by atoms with Crippen LogP contribution in [0.4, 0.5) is 0 Å². The number of nitrogens with one attached hydrogen (secondary N) is 1. The van der Waals surface area contributed by atoms with Crippen LogP contribution in [0.5, 0.6) is 0 Å². The molecule has 0 amide bonds. The molecule has 0 radical (unpaired) electrons. The zero-order valence-corrected chi connectivity index (χ0v) is 11.6. The Morgan fingerprint density at radius 1 is 1.64 bits per heavy atom. The van der Waals surface area contributed by atoms with E-state index in [0.717, 1.165) is 13.1 Å². The van der Waals surface area contributed by atoms with Crippen LogP contribution in [0.2, 0.25) is 0 Å². The number of likely N-dealkylation sites (N-methyl/N-ethyl adjacent to an activating group) is 1. The van der Waals surface area contributed by atoms with Crippen molar-refractivity contribution >= 4 is 49.2 Å². The highest BCUT2D eigenvalue weighted by Gasteiger charge is 2.22. The molecule has 78 valence electrons. The molecule has 3 nitrogen and oxygen atoms in total. The summed E-state index contributed by atoms with van der Waals surface area (Å²) in [6.07, 6.45) is 0. The maximum Gasteiger partial charge on any atom is 0.328 e. The lowest BCUT2D eigenvalue weighted by Crippen LogP contribution is -2.25. The average Bonchev–Trinajstić information content (AvgIpc) is 2.48. The highest BCUT2D eigenvalue weighted by atomic mass is 79.9. The summed E-state index contributed by atoms with van der Waals surface area (Å²) < 4.78 is 6.60. The molecular formula is C8H9Br2NO2S. The van der Waals surface area contributed by atoms with Gasteiger partial charge in [-0.1, -0.05) is 0 Å². The van der Waals surface area contributed by atoms with Gasteiger partial charge in [-0.25, -0.2) is 4.79 Å². The van der Waals surface area contributed by atoms with Crippen molar-refractivity contribution in [2.24, 2.45) is 0 Å². The standard InChI is InChI=1S/C8H9Br2NO2S/c1-11-6(8(12)13-2)5-3-4(9)7(10)14-5/h3,6,11H,1-2H3. The minimum absolute atomic E-state index is 0.284. The summed E-state index contributed by atoms with van der Waals surface area (Å²) in [6, 6.07) is 1.50. The van der Waals surface area contributed by atoms with Crippen LogP contribution < -0.4 is 5.32 Å². The van der Waals surface area contributed by atoms with Crippen LogP contribution in [0.1, 0.15) is 10.9 Å². The number of carbonyl (C=O) groups excluding carboxylic acids is 1. The van der Waals surface area contributed by atoms with Crippen molar-refractivity contribution in [2.45, 2.75) is 6.04 Å². The van der Waals surface area contributed by atoms with E-state index in [4.69, 9.17) is 0 Å². The van der Waals surface area contributed by atoms with Gasteiger partial charge >= 0.3 is 5.97 Å². The molecule has 0 spiro atoms. The number of halogens is 2. The van der Waals surface area contributed by atoms with Crippen molar-refractivity contribution in [3.05, 3.63) is 19.2 Å². The molecule has 14 heavy (non-hydrogen) atoms. The number of thiophene rings is 1. The van der Waals surface area contributed by atoms with Crippen LogP contribution in [0, 0.1) is 0 Å². The Kier molecular flexibility index (Phi) is 4.56. The number of esters is 1. The number of methoxy groups -OCH3 is 1. The molecule has 6 heteroatoms. The van der Waals surface area contributed by atoms with Crippen molar-refractivity contribution in [2.75, 3.05) is 14.2 Å². The van der Waals surface area contributed by atoms with E-state index in [9.17, 15) is 4.79 Å². The first-order valence-corrected chi connectivity index (χ1v) is 6.20. The fraction of sp³-hybridized carbons (Fsp3) is 0.375. The van der Waals surface area contributed by atoms with E-state index in [1.807, 2.05) is 6.07 Å². The van der Waals surface area contributed by atoms with Crippen LogP contribution in [-0.4, -0.2) is 20.1 Å². The molecule has 1 aromatic heterocycles. The Balaban J connectivity index is 2.95. The molecule has 0 saturated heterocycles. The van der Waals surface area contributed by atoms with E-state index in [1.165, 1.54) is 18.4 Å². The highest BCUT2D eigenvalue weighted by molar-refractivity contribution is 9.13. The van der Waals surface area contributed by atoms with E-state index in [-0.39, 0.29) is 5.97 Å². The van der Waals surface area contributed by atoms with Gasteiger partial charge in [0, 0.05) is 9.35 Å². The zero-order chi connectivity index (χ0) is 10.7. The third kappa shape index (κ3) is 2.56. The van der Waals surface area contributed by atoms with Gasteiger partial charge in [0.05, 0.1) is 10.9 Å². The number of ether oxygens (including phenoxy) is 1. The van der Waals surface area contributed by atoms with E-state index in [1.54, 1.807) is 7.05 Å². The molecular weight excluding hydrogens is 334 g/mol. The molecule has 0 aliphatic carbocycles. The molecule has 0 aliphatic heterocycles. The largest absolute Gasteiger partial charge is 0.468 e. The minimum atomic E-state index is -0.396. The predicted molar refractivity (Wildman–Crippen MR) is 63.5 cm³/mol. The number of hydrogen-bond donors (Lipinski definition) is 1. The summed E-state index contributed by atoms with van der Waals surface area (Å²) in [6.45, 7) is 0. The Hall–Kier alpha value is 0.0900. The first-order chi connectivity index (χ1) is 6.60. The molecule has 1 atom stereocenters. The van der Waals surface area contributed by atoms with Crippen LogP contribution in [0.15, 0.2) is 14.3 Å². The molecule has 0 aliphatic rings. The summed E-state index contributed by atoms with van der Waals surface area (Å²) in [5, 5.41) is 2.90. The maximum atomic E-state index is 11.4. The first-order valence-electron chi connectivity index (χ1n) is 3.80. The van der Waals surface area contributed by atoms with Crippen molar-refractivity contribution in [1.29, 1.82) is 0 Å². The molecule has 1 unspecified atom stereocenters. The predicted octanol–water partition coefficient (Wildman–Crippen LogP) is 2.71. The van der Waals surface area contributed by atoms with Crippen LogP contribution >= 0.6 is 43.2 Å². The lowest BCUT2D eigenvalue weighted by atomic mass is 10.2. The molecule has 0 fully saturated rings. The summed E-state index contributed by atoms with van der Waals surface area (Å²) in [7, 11) is 3.10. The zero-order valence-electron chi connectivity index (χ0n) is 7.64. The molecule has 1 N–H and O–H groups in total. The quantitative estimate of drug-likeness (QED) is 0.858. The normalized spacial score (nSPS) is 12.6. The lowest BCUT2D eigenvalue weighted by molar-refractivity contribution is -0.143. The second kappa shape index (κ2) is 5.25. The van der Waals surface area contributed by atoms with Crippen LogP contribution in [0.25, 0.3) is 0 Å². The second-order valence-corrected chi connectivity index (χ2v) is 5.77. The van der Waals surface area contributed by atoms with Crippen molar-refractivity contribution in [3.63, 3.8) is 0 Å². The number of hydrogen-bond acceptors (Lipinski definition) is 4. The smallest absolute Gasteiger partial charge is 0.328 e.